The summed E-state index contributed by atoms with van der Waals surface area (Å²) < 4.78 is 0. The number of halogens is 1. The van der Waals surface area contributed by atoms with Crippen molar-refractivity contribution in [3.8, 4) is 5.75 Å². The number of hydrogen-bond acceptors (Lipinski definition) is 2. The summed E-state index contributed by atoms with van der Waals surface area (Å²) in [7, 11) is 0. The van der Waals surface area contributed by atoms with Crippen LogP contribution in [-0.4, -0.2) is 17.7 Å². The highest BCUT2D eigenvalue weighted by molar-refractivity contribution is 8.93. The Morgan fingerprint density at radius 2 is 1.74 bits per heavy atom. The predicted octanol–water partition coefficient (Wildman–Crippen LogP) is 5.56. The standard InChI is InChI=1S/C20H33NO.BrH/c1-2-3-4-5-6-7-8-9-15-21-18-13-14-19-17(16-18)11-10-12-20(19)22;/h10-12,18,21-22H,2-9,13-16H2,1H3;1H. The van der Waals surface area contributed by atoms with Crippen molar-refractivity contribution in [3.63, 3.8) is 0 Å². The van der Waals surface area contributed by atoms with Gasteiger partial charge in [0.1, 0.15) is 5.75 Å². The van der Waals surface area contributed by atoms with Gasteiger partial charge in [-0.2, -0.15) is 0 Å². The first-order valence-corrected chi connectivity index (χ1v) is 9.34. The number of phenolic OH excluding ortho intramolecular Hbond substituents is 1. The molecule has 2 N–H and O–H groups in total. The van der Waals surface area contributed by atoms with Crippen molar-refractivity contribution >= 4 is 17.0 Å². The molecule has 1 atom stereocenters. The van der Waals surface area contributed by atoms with Crippen LogP contribution in [0.25, 0.3) is 0 Å². The van der Waals surface area contributed by atoms with Crippen molar-refractivity contribution < 1.29 is 5.11 Å². The Balaban J connectivity index is 0.00000264. The Kier molecular flexibility index (Phi) is 10.6. The number of phenols is 1. The fourth-order valence-corrected chi connectivity index (χ4v) is 3.53. The summed E-state index contributed by atoms with van der Waals surface area (Å²) in [6.07, 6.45) is 14.3. The fraction of sp³-hybridized carbons (Fsp3) is 0.700. The molecule has 0 fully saturated rings. The summed E-state index contributed by atoms with van der Waals surface area (Å²) in [5.74, 6) is 0.485. The van der Waals surface area contributed by atoms with Gasteiger partial charge in [-0.05, 0) is 49.4 Å². The zero-order valence-corrected chi connectivity index (χ0v) is 16.4. The largest absolute Gasteiger partial charge is 0.508 e. The highest BCUT2D eigenvalue weighted by Crippen LogP contribution is 2.28. The second-order valence-corrected chi connectivity index (χ2v) is 6.78. The molecule has 1 aliphatic carbocycles. The van der Waals surface area contributed by atoms with Crippen LogP contribution in [0.1, 0.15) is 75.8 Å². The van der Waals surface area contributed by atoms with Gasteiger partial charge in [-0.15, -0.1) is 17.0 Å². The van der Waals surface area contributed by atoms with Crippen LogP contribution in [0, 0.1) is 0 Å². The molecule has 1 unspecified atom stereocenters. The number of aromatic hydroxyl groups is 1. The second-order valence-electron chi connectivity index (χ2n) is 6.78. The summed E-state index contributed by atoms with van der Waals surface area (Å²) in [5.41, 5.74) is 2.51. The first kappa shape index (κ1) is 20.5. The minimum atomic E-state index is 0. The van der Waals surface area contributed by atoms with Gasteiger partial charge in [0, 0.05) is 6.04 Å². The summed E-state index contributed by atoms with van der Waals surface area (Å²) in [5, 5.41) is 13.6. The third-order valence-electron chi connectivity index (χ3n) is 4.92. The number of fused-ring (bicyclic) bond motifs is 1. The molecule has 2 rings (SSSR count). The highest BCUT2D eigenvalue weighted by Gasteiger charge is 2.19. The van der Waals surface area contributed by atoms with Gasteiger partial charge in [0.2, 0.25) is 0 Å². The highest BCUT2D eigenvalue weighted by atomic mass is 79.9. The van der Waals surface area contributed by atoms with Crippen LogP contribution < -0.4 is 5.32 Å². The van der Waals surface area contributed by atoms with Crippen molar-refractivity contribution in [1.29, 1.82) is 0 Å². The zero-order chi connectivity index (χ0) is 15.6. The number of benzene rings is 1. The van der Waals surface area contributed by atoms with E-state index in [2.05, 4.69) is 18.3 Å². The molecule has 0 aliphatic heterocycles. The molecule has 0 spiro atoms. The normalized spacial score (nSPS) is 16.7. The lowest BCUT2D eigenvalue weighted by atomic mass is 9.87. The first-order chi connectivity index (χ1) is 10.8. The molecule has 1 aromatic rings. The van der Waals surface area contributed by atoms with Gasteiger partial charge >= 0.3 is 0 Å². The van der Waals surface area contributed by atoms with Crippen LogP contribution in [0.3, 0.4) is 0 Å². The van der Waals surface area contributed by atoms with E-state index in [1.165, 1.54) is 62.5 Å². The summed E-state index contributed by atoms with van der Waals surface area (Å²) in [4.78, 5) is 0. The van der Waals surface area contributed by atoms with E-state index in [0.717, 1.165) is 25.8 Å². The van der Waals surface area contributed by atoms with Gasteiger partial charge in [-0.25, -0.2) is 0 Å². The molecular formula is C20H34BrNO. The number of nitrogens with one attached hydrogen (secondary N) is 1. The van der Waals surface area contributed by atoms with Crippen LogP contribution in [0.5, 0.6) is 5.75 Å². The summed E-state index contributed by atoms with van der Waals surface area (Å²) in [6.45, 7) is 3.42. The summed E-state index contributed by atoms with van der Waals surface area (Å²) in [6, 6.07) is 6.54. The molecule has 0 saturated heterocycles. The van der Waals surface area contributed by atoms with Gasteiger partial charge in [0.15, 0.2) is 0 Å². The average Bonchev–Trinajstić information content (AvgIpc) is 2.53. The Hall–Kier alpha value is -0.540. The molecule has 2 nitrogen and oxygen atoms in total. The molecule has 23 heavy (non-hydrogen) atoms. The van der Waals surface area contributed by atoms with Gasteiger partial charge in [0.25, 0.3) is 0 Å². The molecule has 0 saturated carbocycles. The average molecular weight is 384 g/mol. The van der Waals surface area contributed by atoms with E-state index in [-0.39, 0.29) is 17.0 Å². The Morgan fingerprint density at radius 3 is 2.48 bits per heavy atom. The van der Waals surface area contributed by atoms with Crippen LogP contribution >= 0.6 is 17.0 Å². The third kappa shape index (κ3) is 7.26. The zero-order valence-electron chi connectivity index (χ0n) is 14.7. The third-order valence-corrected chi connectivity index (χ3v) is 4.92. The minimum absolute atomic E-state index is 0. The van der Waals surface area contributed by atoms with Crippen LogP contribution in [0.15, 0.2) is 18.2 Å². The molecule has 1 aliphatic rings. The smallest absolute Gasteiger partial charge is 0.119 e. The lowest BCUT2D eigenvalue weighted by molar-refractivity contribution is 0.426. The lowest BCUT2D eigenvalue weighted by Gasteiger charge is -2.26. The fourth-order valence-electron chi connectivity index (χ4n) is 3.53. The molecule has 132 valence electrons. The Bertz CT molecular complexity index is 436. The van der Waals surface area contributed by atoms with Gasteiger partial charge in [-0.3, -0.25) is 0 Å². The van der Waals surface area contributed by atoms with Crippen molar-refractivity contribution in [3.05, 3.63) is 29.3 Å². The molecule has 3 heteroatoms. The van der Waals surface area contributed by atoms with Crippen molar-refractivity contribution in [1.82, 2.24) is 5.32 Å². The lowest BCUT2D eigenvalue weighted by Crippen LogP contribution is -2.35. The Labute approximate surface area is 152 Å². The second kappa shape index (κ2) is 11.9. The van der Waals surface area contributed by atoms with Crippen molar-refractivity contribution in [2.45, 2.75) is 83.6 Å². The van der Waals surface area contributed by atoms with Gasteiger partial charge in [0.05, 0.1) is 0 Å². The summed E-state index contributed by atoms with van der Waals surface area (Å²) >= 11 is 0. The number of unbranched alkanes of at least 4 members (excludes halogenated alkanes) is 7. The molecule has 1 aromatic carbocycles. The van der Waals surface area contributed by atoms with Crippen molar-refractivity contribution in [2.24, 2.45) is 0 Å². The quantitative estimate of drug-likeness (QED) is 0.518. The van der Waals surface area contributed by atoms with Gasteiger partial charge < -0.3 is 10.4 Å². The van der Waals surface area contributed by atoms with Crippen LogP contribution in [0.2, 0.25) is 0 Å². The molecule has 0 aromatic heterocycles. The maximum atomic E-state index is 9.87. The minimum Gasteiger partial charge on any atom is -0.508 e. The molecule has 0 bridgehead atoms. The van der Waals surface area contributed by atoms with E-state index in [0.29, 0.717) is 11.8 Å². The van der Waals surface area contributed by atoms with E-state index < -0.39 is 0 Å². The molecule has 0 radical (unpaired) electrons. The maximum absolute atomic E-state index is 9.87. The van der Waals surface area contributed by atoms with Crippen LogP contribution in [-0.2, 0) is 12.8 Å². The van der Waals surface area contributed by atoms with E-state index in [4.69, 9.17) is 0 Å². The molecular weight excluding hydrogens is 350 g/mol. The van der Waals surface area contributed by atoms with Crippen molar-refractivity contribution in [2.75, 3.05) is 6.54 Å². The molecule has 0 heterocycles. The number of hydrogen-bond donors (Lipinski definition) is 2. The van der Waals surface area contributed by atoms with E-state index >= 15 is 0 Å². The topological polar surface area (TPSA) is 32.3 Å². The maximum Gasteiger partial charge on any atom is 0.119 e. The number of rotatable bonds is 10. The SMILES string of the molecule is Br.CCCCCCCCCCNC1CCc2c(O)cccc2C1. The Morgan fingerprint density at radius 1 is 1.04 bits per heavy atom. The monoisotopic (exact) mass is 383 g/mol. The van der Waals surface area contributed by atoms with Crippen LogP contribution in [0.4, 0.5) is 0 Å². The van der Waals surface area contributed by atoms with E-state index in [9.17, 15) is 5.11 Å². The van der Waals surface area contributed by atoms with Gasteiger partial charge in [-0.1, -0.05) is 64.0 Å². The molecule has 0 amide bonds. The first-order valence-electron chi connectivity index (χ1n) is 9.34. The van der Waals surface area contributed by atoms with E-state index in [1.54, 1.807) is 0 Å². The predicted molar refractivity (Wildman–Crippen MR) is 105 cm³/mol. The van der Waals surface area contributed by atoms with E-state index in [1.807, 2.05) is 12.1 Å².